The van der Waals surface area contributed by atoms with Crippen LogP contribution in [0.1, 0.15) is 18.1 Å². The highest BCUT2D eigenvalue weighted by molar-refractivity contribution is 5.45. The van der Waals surface area contributed by atoms with E-state index in [1.165, 1.54) is 0 Å². The molecule has 0 amide bonds. The van der Waals surface area contributed by atoms with Crippen molar-refractivity contribution in [2.45, 2.75) is 12.5 Å². The van der Waals surface area contributed by atoms with Gasteiger partial charge in [-0.3, -0.25) is 0 Å². The van der Waals surface area contributed by atoms with E-state index in [1.807, 2.05) is 43.4 Å². The van der Waals surface area contributed by atoms with Crippen molar-refractivity contribution in [1.29, 1.82) is 0 Å². The smallest absolute Gasteiger partial charge is 0.161 e. The van der Waals surface area contributed by atoms with Crippen molar-refractivity contribution < 1.29 is 14.6 Å². The first kappa shape index (κ1) is 16.2. The monoisotopic (exact) mass is 301 g/mol. The molecule has 0 aliphatic carbocycles. The third-order valence-corrected chi connectivity index (χ3v) is 3.73. The second-order valence-corrected chi connectivity index (χ2v) is 5.18. The van der Waals surface area contributed by atoms with Gasteiger partial charge in [-0.25, -0.2) is 0 Å². The minimum absolute atomic E-state index is 0.536. The van der Waals surface area contributed by atoms with Crippen LogP contribution in [0.15, 0.2) is 48.5 Å². The Labute approximate surface area is 131 Å². The standard InChI is InChI=1S/C18H23NO3/c1-19(15-7-5-4-6-8-15)12-11-16(20)14-9-10-17(21-2)18(13-14)22-3/h4-10,13,16,20H,11-12H2,1-3H3. The molecular weight excluding hydrogens is 278 g/mol. The maximum Gasteiger partial charge on any atom is 0.161 e. The van der Waals surface area contributed by atoms with Crippen molar-refractivity contribution in [3.63, 3.8) is 0 Å². The first-order valence-corrected chi connectivity index (χ1v) is 7.32. The topological polar surface area (TPSA) is 41.9 Å². The molecule has 0 radical (unpaired) electrons. The van der Waals surface area contributed by atoms with Crippen LogP contribution in [0.5, 0.6) is 11.5 Å². The Morgan fingerprint density at radius 3 is 2.32 bits per heavy atom. The van der Waals surface area contributed by atoms with E-state index in [9.17, 15) is 5.11 Å². The molecule has 0 aromatic heterocycles. The molecule has 1 unspecified atom stereocenters. The summed E-state index contributed by atoms with van der Waals surface area (Å²) < 4.78 is 10.5. The quantitative estimate of drug-likeness (QED) is 0.852. The Morgan fingerprint density at radius 2 is 1.68 bits per heavy atom. The predicted molar refractivity (Wildman–Crippen MR) is 88.8 cm³/mol. The number of benzene rings is 2. The molecule has 1 N–H and O–H groups in total. The number of nitrogens with zero attached hydrogens (tertiary/aromatic N) is 1. The molecule has 22 heavy (non-hydrogen) atoms. The van der Waals surface area contributed by atoms with Crippen LogP contribution in [-0.2, 0) is 0 Å². The number of aliphatic hydroxyl groups is 1. The van der Waals surface area contributed by atoms with Gasteiger partial charge in [0.2, 0.25) is 0 Å². The van der Waals surface area contributed by atoms with Crippen LogP contribution >= 0.6 is 0 Å². The number of anilines is 1. The summed E-state index contributed by atoms with van der Waals surface area (Å²) in [4.78, 5) is 2.13. The minimum Gasteiger partial charge on any atom is -0.493 e. The Morgan fingerprint density at radius 1 is 1.00 bits per heavy atom. The van der Waals surface area contributed by atoms with Crippen LogP contribution < -0.4 is 14.4 Å². The van der Waals surface area contributed by atoms with Gasteiger partial charge in [0, 0.05) is 19.3 Å². The maximum atomic E-state index is 10.4. The summed E-state index contributed by atoms with van der Waals surface area (Å²) in [5.41, 5.74) is 1.97. The van der Waals surface area contributed by atoms with E-state index in [4.69, 9.17) is 9.47 Å². The molecule has 0 bridgehead atoms. The van der Waals surface area contributed by atoms with Crippen molar-refractivity contribution in [1.82, 2.24) is 0 Å². The molecule has 4 heteroatoms. The Bertz CT molecular complexity index is 586. The number of aliphatic hydroxyl groups excluding tert-OH is 1. The van der Waals surface area contributed by atoms with Gasteiger partial charge in [-0.1, -0.05) is 24.3 Å². The molecule has 0 aliphatic heterocycles. The van der Waals surface area contributed by atoms with Crippen LogP contribution in [0.25, 0.3) is 0 Å². The molecule has 0 spiro atoms. The number of hydrogen-bond acceptors (Lipinski definition) is 4. The third kappa shape index (κ3) is 3.92. The highest BCUT2D eigenvalue weighted by Crippen LogP contribution is 2.31. The van der Waals surface area contributed by atoms with Gasteiger partial charge in [0.1, 0.15) is 0 Å². The predicted octanol–water partition coefficient (Wildman–Crippen LogP) is 3.26. The minimum atomic E-state index is -0.536. The fourth-order valence-corrected chi connectivity index (χ4v) is 2.35. The fourth-order valence-electron chi connectivity index (χ4n) is 2.35. The lowest BCUT2D eigenvalue weighted by Crippen LogP contribution is -2.20. The number of rotatable bonds is 7. The number of ether oxygens (including phenoxy) is 2. The van der Waals surface area contributed by atoms with Gasteiger partial charge in [-0.15, -0.1) is 0 Å². The van der Waals surface area contributed by atoms with E-state index >= 15 is 0 Å². The molecule has 118 valence electrons. The van der Waals surface area contributed by atoms with Crippen molar-refractivity contribution in [3.8, 4) is 11.5 Å². The number of hydrogen-bond donors (Lipinski definition) is 1. The fraction of sp³-hybridized carbons (Fsp3) is 0.333. The number of para-hydroxylation sites is 1. The van der Waals surface area contributed by atoms with E-state index in [2.05, 4.69) is 17.0 Å². The summed E-state index contributed by atoms with van der Waals surface area (Å²) in [5, 5.41) is 10.4. The lowest BCUT2D eigenvalue weighted by atomic mass is 10.1. The molecule has 4 nitrogen and oxygen atoms in total. The van der Waals surface area contributed by atoms with Crippen molar-refractivity contribution in [3.05, 3.63) is 54.1 Å². The van der Waals surface area contributed by atoms with Crippen molar-refractivity contribution >= 4 is 5.69 Å². The first-order chi connectivity index (χ1) is 10.7. The van der Waals surface area contributed by atoms with E-state index < -0.39 is 6.10 Å². The summed E-state index contributed by atoms with van der Waals surface area (Å²) in [6.45, 7) is 0.763. The average Bonchev–Trinajstić information content (AvgIpc) is 2.59. The summed E-state index contributed by atoms with van der Waals surface area (Å²) in [7, 11) is 5.22. The van der Waals surface area contributed by atoms with Crippen molar-refractivity contribution in [2.75, 3.05) is 32.7 Å². The normalized spacial score (nSPS) is 11.8. The molecule has 0 heterocycles. The van der Waals surface area contributed by atoms with Crippen LogP contribution in [0.2, 0.25) is 0 Å². The van der Waals surface area contributed by atoms with Gasteiger partial charge in [-0.05, 0) is 36.2 Å². The maximum absolute atomic E-state index is 10.4. The lowest BCUT2D eigenvalue weighted by molar-refractivity contribution is 0.169. The van der Waals surface area contributed by atoms with E-state index in [0.29, 0.717) is 17.9 Å². The molecule has 2 aromatic carbocycles. The van der Waals surface area contributed by atoms with Crippen LogP contribution in [0, 0.1) is 0 Å². The Hall–Kier alpha value is -2.20. The molecule has 1 atom stereocenters. The van der Waals surface area contributed by atoms with Crippen molar-refractivity contribution in [2.24, 2.45) is 0 Å². The second kappa shape index (κ2) is 7.71. The van der Waals surface area contributed by atoms with Gasteiger partial charge in [0.05, 0.1) is 20.3 Å². The zero-order valence-electron chi connectivity index (χ0n) is 13.3. The SMILES string of the molecule is COc1ccc(C(O)CCN(C)c2ccccc2)cc1OC. The van der Waals surface area contributed by atoms with Gasteiger partial charge >= 0.3 is 0 Å². The van der Waals surface area contributed by atoms with Crippen LogP contribution in [-0.4, -0.2) is 32.9 Å². The largest absolute Gasteiger partial charge is 0.493 e. The van der Waals surface area contributed by atoms with Crippen LogP contribution in [0.4, 0.5) is 5.69 Å². The summed E-state index contributed by atoms with van der Waals surface area (Å²) in [5.74, 6) is 1.30. The number of methoxy groups -OCH3 is 2. The van der Waals surface area contributed by atoms with Gasteiger partial charge in [0.15, 0.2) is 11.5 Å². The van der Waals surface area contributed by atoms with E-state index in [1.54, 1.807) is 14.2 Å². The Balaban J connectivity index is 1.99. The van der Waals surface area contributed by atoms with Gasteiger partial charge in [-0.2, -0.15) is 0 Å². The van der Waals surface area contributed by atoms with E-state index in [-0.39, 0.29) is 0 Å². The summed E-state index contributed by atoms with van der Waals surface area (Å²) in [6.07, 6.45) is 0.104. The van der Waals surface area contributed by atoms with Gasteiger partial charge < -0.3 is 19.5 Å². The molecule has 0 aliphatic rings. The molecule has 2 aromatic rings. The van der Waals surface area contributed by atoms with Gasteiger partial charge in [0.25, 0.3) is 0 Å². The highest BCUT2D eigenvalue weighted by Gasteiger charge is 2.12. The zero-order chi connectivity index (χ0) is 15.9. The zero-order valence-corrected chi connectivity index (χ0v) is 13.3. The third-order valence-electron chi connectivity index (χ3n) is 3.73. The summed E-state index contributed by atoms with van der Waals surface area (Å²) in [6, 6.07) is 15.6. The second-order valence-electron chi connectivity index (χ2n) is 5.18. The molecule has 2 rings (SSSR count). The summed E-state index contributed by atoms with van der Waals surface area (Å²) >= 11 is 0. The lowest BCUT2D eigenvalue weighted by Gasteiger charge is -2.21. The molecule has 0 saturated carbocycles. The average molecular weight is 301 g/mol. The highest BCUT2D eigenvalue weighted by atomic mass is 16.5. The molecule has 0 fully saturated rings. The first-order valence-electron chi connectivity index (χ1n) is 7.32. The molecule has 0 saturated heterocycles. The van der Waals surface area contributed by atoms with E-state index in [0.717, 1.165) is 17.8 Å². The Kier molecular flexibility index (Phi) is 5.67. The molecular formula is C18H23NO3. The van der Waals surface area contributed by atoms with Crippen LogP contribution in [0.3, 0.4) is 0 Å².